The normalized spacial score (nSPS) is 10.2. The number of hydrogen-bond donors (Lipinski definition) is 1. The number of hydrogen-bond acceptors (Lipinski definition) is 3. The van der Waals surface area contributed by atoms with E-state index in [9.17, 15) is 4.79 Å². The van der Waals surface area contributed by atoms with Gasteiger partial charge in [0.25, 0.3) is 0 Å². The van der Waals surface area contributed by atoms with Crippen LogP contribution in [0.5, 0.6) is 0 Å². The van der Waals surface area contributed by atoms with Crippen molar-refractivity contribution in [3.05, 3.63) is 40.5 Å². The molecule has 3 nitrogen and oxygen atoms in total. The number of benzene rings is 1. The van der Waals surface area contributed by atoms with Crippen molar-refractivity contribution in [2.75, 3.05) is 0 Å². The largest absolute Gasteiger partial charge is 0.476 e. The van der Waals surface area contributed by atoms with Crippen molar-refractivity contribution in [1.82, 2.24) is 4.98 Å². The second kappa shape index (κ2) is 4.00. The molecule has 15 heavy (non-hydrogen) atoms. The fraction of sp³-hybridized carbons (Fsp3) is 0. The van der Waals surface area contributed by atoms with E-state index in [1.54, 1.807) is 24.3 Å². The van der Waals surface area contributed by atoms with Crippen molar-refractivity contribution in [3.8, 4) is 10.4 Å². The Balaban J connectivity index is 2.49. The molecule has 0 atom stereocenters. The van der Waals surface area contributed by atoms with Gasteiger partial charge in [0.1, 0.15) is 0 Å². The number of halogens is 1. The minimum Gasteiger partial charge on any atom is -0.476 e. The van der Waals surface area contributed by atoms with Crippen LogP contribution in [-0.4, -0.2) is 16.1 Å². The van der Waals surface area contributed by atoms with Crippen molar-refractivity contribution < 1.29 is 9.90 Å². The Hall–Kier alpha value is -1.39. The highest BCUT2D eigenvalue weighted by Crippen LogP contribution is 2.28. The van der Waals surface area contributed by atoms with Crippen LogP contribution in [0.3, 0.4) is 0 Å². The molecule has 0 aliphatic heterocycles. The van der Waals surface area contributed by atoms with Crippen LogP contribution in [0.15, 0.2) is 29.8 Å². The van der Waals surface area contributed by atoms with Gasteiger partial charge in [-0.15, -0.1) is 11.3 Å². The van der Waals surface area contributed by atoms with E-state index in [4.69, 9.17) is 16.7 Å². The van der Waals surface area contributed by atoms with Crippen LogP contribution >= 0.6 is 22.9 Å². The molecular formula is C10H6ClNO2S. The van der Waals surface area contributed by atoms with Crippen molar-refractivity contribution in [3.63, 3.8) is 0 Å². The lowest BCUT2D eigenvalue weighted by atomic mass is 10.1. The highest BCUT2D eigenvalue weighted by Gasteiger charge is 2.14. The quantitative estimate of drug-likeness (QED) is 0.876. The van der Waals surface area contributed by atoms with Crippen LogP contribution in [0.1, 0.15) is 10.5 Å². The number of carbonyl (C=O) groups is 1. The van der Waals surface area contributed by atoms with Crippen LogP contribution < -0.4 is 0 Å². The zero-order chi connectivity index (χ0) is 10.8. The molecule has 76 valence electrons. The molecule has 0 unspecified atom stereocenters. The molecule has 0 spiro atoms. The highest BCUT2D eigenvalue weighted by atomic mass is 35.5. The topological polar surface area (TPSA) is 50.2 Å². The summed E-state index contributed by atoms with van der Waals surface area (Å²) in [6.07, 6.45) is 0. The van der Waals surface area contributed by atoms with E-state index < -0.39 is 5.97 Å². The first-order chi connectivity index (χ1) is 7.18. The van der Waals surface area contributed by atoms with Crippen LogP contribution in [0.4, 0.5) is 0 Å². The molecule has 0 amide bonds. The van der Waals surface area contributed by atoms with E-state index in [0.717, 1.165) is 5.56 Å². The van der Waals surface area contributed by atoms with E-state index in [-0.39, 0.29) is 5.69 Å². The van der Waals surface area contributed by atoms with E-state index in [1.165, 1.54) is 16.8 Å². The predicted molar refractivity (Wildman–Crippen MR) is 59.5 cm³/mol. The van der Waals surface area contributed by atoms with E-state index in [0.29, 0.717) is 9.90 Å². The first-order valence-corrected chi connectivity index (χ1v) is 5.37. The summed E-state index contributed by atoms with van der Waals surface area (Å²) in [6, 6.07) is 7.01. The Kier molecular flexibility index (Phi) is 2.70. The Bertz CT molecular complexity index is 492. The van der Waals surface area contributed by atoms with Gasteiger partial charge in [-0.25, -0.2) is 9.78 Å². The second-order valence-electron chi connectivity index (χ2n) is 2.84. The summed E-state index contributed by atoms with van der Waals surface area (Å²) in [4.78, 5) is 15.3. The van der Waals surface area contributed by atoms with Gasteiger partial charge in [-0.05, 0) is 17.7 Å². The zero-order valence-corrected chi connectivity index (χ0v) is 9.05. The predicted octanol–water partition coefficient (Wildman–Crippen LogP) is 3.16. The summed E-state index contributed by atoms with van der Waals surface area (Å²) in [5, 5.41) is 9.51. The summed E-state index contributed by atoms with van der Waals surface area (Å²) in [5.74, 6) is -1.01. The van der Waals surface area contributed by atoms with Crippen LogP contribution in [0.25, 0.3) is 10.4 Å². The van der Waals surface area contributed by atoms with Crippen molar-refractivity contribution in [1.29, 1.82) is 0 Å². The van der Waals surface area contributed by atoms with Gasteiger partial charge in [0.15, 0.2) is 5.69 Å². The maximum atomic E-state index is 10.8. The fourth-order valence-electron chi connectivity index (χ4n) is 1.20. The van der Waals surface area contributed by atoms with Gasteiger partial charge in [-0.3, -0.25) is 0 Å². The average molecular weight is 240 g/mol. The summed E-state index contributed by atoms with van der Waals surface area (Å²) < 4.78 is 0. The van der Waals surface area contributed by atoms with Crippen molar-refractivity contribution in [2.24, 2.45) is 0 Å². The number of aromatic nitrogens is 1. The van der Waals surface area contributed by atoms with Crippen molar-refractivity contribution in [2.45, 2.75) is 0 Å². The third kappa shape index (κ3) is 2.00. The summed E-state index contributed by atoms with van der Waals surface area (Å²) in [7, 11) is 0. The van der Waals surface area contributed by atoms with Crippen LogP contribution in [0, 0.1) is 0 Å². The molecule has 1 heterocycles. The second-order valence-corrected chi connectivity index (χ2v) is 4.13. The average Bonchev–Trinajstić information content (AvgIpc) is 2.67. The summed E-state index contributed by atoms with van der Waals surface area (Å²) >= 11 is 7.05. The number of nitrogens with zero attached hydrogens (tertiary/aromatic N) is 1. The van der Waals surface area contributed by atoms with Crippen LogP contribution in [-0.2, 0) is 0 Å². The standard InChI is InChI=1S/C10H6ClNO2S/c11-7-3-1-6(2-4-7)9-8(10(13)14)12-5-15-9/h1-5H,(H,13,14). The molecule has 0 saturated heterocycles. The zero-order valence-electron chi connectivity index (χ0n) is 7.48. The first-order valence-electron chi connectivity index (χ1n) is 4.11. The third-order valence-corrected chi connectivity index (χ3v) is 3.00. The smallest absolute Gasteiger partial charge is 0.356 e. The number of rotatable bonds is 2. The lowest BCUT2D eigenvalue weighted by molar-refractivity contribution is 0.0692. The molecule has 5 heteroatoms. The minimum atomic E-state index is -1.01. The molecule has 0 radical (unpaired) electrons. The molecule has 1 aromatic heterocycles. The van der Waals surface area contributed by atoms with E-state index >= 15 is 0 Å². The molecule has 0 fully saturated rings. The van der Waals surface area contributed by atoms with Gasteiger partial charge in [-0.2, -0.15) is 0 Å². The minimum absolute atomic E-state index is 0.0855. The van der Waals surface area contributed by atoms with E-state index in [1.807, 2.05) is 0 Å². The molecule has 0 aliphatic carbocycles. The van der Waals surface area contributed by atoms with Crippen LogP contribution in [0.2, 0.25) is 5.02 Å². The lowest BCUT2D eigenvalue weighted by Gasteiger charge is -1.98. The molecule has 1 aromatic carbocycles. The maximum Gasteiger partial charge on any atom is 0.356 e. The number of thiazole rings is 1. The third-order valence-electron chi connectivity index (χ3n) is 1.88. The molecule has 0 aliphatic rings. The van der Waals surface area contributed by atoms with Gasteiger partial charge in [0.05, 0.1) is 10.4 Å². The van der Waals surface area contributed by atoms with Gasteiger partial charge >= 0.3 is 5.97 Å². The Morgan fingerprint density at radius 1 is 1.33 bits per heavy atom. The van der Waals surface area contributed by atoms with Gasteiger partial charge in [0.2, 0.25) is 0 Å². The molecule has 2 aromatic rings. The Labute approximate surface area is 95.0 Å². The monoisotopic (exact) mass is 239 g/mol. The fourth-order valence-corrected chi connectivity index (χ4v) is 2.12. The number of carboxylic acids is 1. The molecular weight excluding hydrogens is 234 g/mol. The van der Waals surface area contributed by atoms with Gasteiger partial charge in [0, 0.05) is 5.02 Å². The molecule has 1 N–H and O–H groups in total. The lowest BCUT2D eigenvalue weighted by Crippen LogP contribution is -1.98. The highest BCUT2D eigenvalue weighted by molar-refractivity contribution is 7.13. The SMILES string of the molecule is O=C(O)c1ncsc1-c1ccc(Cl)cc1. The van der Waals surface area contributed by atoms with Gasteiger partial charge < -0.3 is 5.11 Å². The van der Waals surface area contributed by atoms with E-state index in [2.05, 4.69) is 4.98 Å². The summed E-state index contributed by atoms with van der Waals surface area (Å²) in [5.41, 5.74) is 2.43. The van der Waals surface area contributed by atoms with Crippen molar-refractivity contribution >= 4 is 28.9 Å². The van der Waals surface area contributed by atoms with Gasteiger partial charge in [-0.1, -0.05) is 23.7 Å². The Morgan fingerprint density at radius 3 is 2.60 bits per heavy atom. The Morgan fingerprint density at radius 2 is 2.00 bits per heavy atom. The summed E-state index contributed by atoms with van der Waals surface area (Å²) in [6.45, 7) is 0. The maximum absolute atomic E-state index is 10.8. The molecule has 2 rings (SSSR count). The molecule has 0 bridgehead atoms. The molecule has 0 saturated carbocycles. The number of aromatic carboxylic acids is 1. The number of carboxylic acid groups (broad SMARTS) is 1. The first kappa shape index (κ1) is 10.1.